The lowest BCUT2D eigenvalue weighted by molar-refractivity contribution is 0.0659. The van der Waals surface area contributed by atoms with Gasteiger partial charge >= 0.3 is 5.97 Å². The summed E-state index contributed by atoms with van der Waals surface area (Å²) in [7, 11) is 0. The lowest BCUT2D eigenvalue weighted by atomic mass is 9.96. The van der Waals surface area contributed by atoms with Crippen molar-refractivity contribution in [2.75, 3.05) is 6.54 Å². The van der Waals surface area contributed by atoms with Crippen molar-refractivity contribution in [1.29, 1.82) is 0 Å². The molecule has 1 fully saturated rings. The second kappa shape index (κ2) is 5.61. The summed E-state index contributed by atoms with van der Waals surface area (Å²) in [5, 5.41) is 11.6. The summed E-state index contributed by atoms with van der Waals surface area (Å²) in [5.41, 5.74) is 1.16. The number of hydrogen-bond donors (Lipinski definition) is 2. The van der Waals surface area contributed by atoms with E-state index >= 15 is 0 Å². The molecule has 0 bridgehead atoms. The van der Waals surface area contributed by atoms with Crippen LogP contribution in [0.4, 0.5) is 0 Å². The fourth-order valence-electron chi connectivity index (χ4n) is 2.45. The van der Waals surface area contributed by atoms with Gasteiger partial charge in [0.15, 0.2) is 5.76 Å². The van der Waals surface area contributed by atoms with Gasteiger partial charge in [0.05, 0.1) is 0 Å². The highest BCUT2D eigenvalue weighted by Gasteiger charge is 2.44. The van der Waals surface area contributed by atoms with Crippen LogP contribution < -0.4 is 5.32 Å². The smallest absolute Gasteiger partial charge is 0.371 e. The fraction of sp³-hybridized carbons (Fsp3) is 0.250. The number of carboxylic acid groups (broad SMARTS) is 1. The van der Waals surface area contributed by atoms with E-state index in [9.17, 15) is 9.59 Å². The Balaban J connectivity index is 1.67. The minimum Gasteiger partial charge on any atom is -0.475 e. The van der Waals surface area contributed by atoms with Gasteiger partial charge in [-0.15, -0.1) is 0 Å². The van der Waals surface area contributed by atoms with E-state index in [4.69, 9.17) is 9.52 Å². The van der Waals surface area contributed by atoms with Crippen LogP contribution in [0.25, 0.3) is 0 Å². The maximum absolute atomic E-state index is 12.0. The Bertz CT molecular complexity index is 733. The van der Waals surface area contributed by atoms with Crippen LogP contribution in [0, 0.1) is 0 Å². The summed E-state index contributed by atoms with van der Waals surface area (Å²) >= 11 is 3.46. The van der Waals surface area contributed by atoms with Crippen LogP contribution in [0.5, 0.6) is 0 Å². The molecule has 1 saturated carbocycles. The van der Waals surface area contributed by atoms with Gasteiger partial charge in [0, 0.05) is 16.4 Å². The normalized spacial score (nSPS) is 15.3. The van der Waals surface area contributed by atoms with E-state index in [0.717, 1.165) is 17.3 Å². The summed E-state index contributed by atoms with van der Waals surface area (Å²) in [6.07, 6.45) is 2.03. The van der Waals surface area contributed by atoms with E-state index in [0.29, 0.717) is 6.54 Å². The van der Waals surface area contributed by atoms with Crippen molar-refractivity contribution in [2.45, 2.75) is 18.3 Å². The van der Waals surface area contributed by atoms with E-state index < -0.39 is 11.9 Å². The van der Waals surface area contributed by atoms with Gasteiger partial charge in [0.1, 0.15) is 0 Å². The Morgan fingerprint density at radius 3 is 2.55 bits per heavy atom. The van der Waals surface area contributed by atoms with Gasteiger partial charge in [-0.2, -0.15) is 0 Å². The van der Waals surface area contributed by atoms with Gasteiger partial charge in [-0.3, -0.25) is 4.79 Å². The van der Waals surface area contributed by atoms with Crippen LogP contribution in [0.15, 0.2) is 45.3 Å². The molecule has 2 aromatic rings. The van der Waals surface area contributed by atoms with Gasteiger partial charge in [0.25, 0.3) is 5.91 Å². The van der Waals surface area contributed by atoms with Crippen molar-refractivity contribution in [3.8, 4) is 0 Å². The summed E-state index contributed by atoms with van der Waals surface area (Å²) in [6, 6.07) is 10.7. The number of aromatic carboxylic acids is 1. The number of rotatable bonds is 5. The molecule has 114 valence electrons. The first-order valence-electron chi connectivity index (χ1n) is 6.88. The van der Waals surface area contributed by atoms with E-state index in [1.807, 2.05) is 12.1 Å². The molecule has 0 aliphatic heterocycles. The molecule has 0 radical (unpaired) electrons. The second-order valence-electron chi connectivity index (χ2n) is 5.44. The predicted octanol–water partition coefficient (Wildman–Crippen LogP) is 3.20. The third kappa shape index (κ3) is 2.92. The Morgan fingerprint density at radius 2 is 1.95 bits per heavy atom. The number of amides is 1. The van der Waals surface area contributed by atoms with E-state index in [1.165, 1.54) is 17.7 Å². The lowest BCUT2D eigenvalue weighted by Gasteiger charge is -2.16. The quantitative estimate of drug-likeness (QED) is 0.854. The first kappa shape index (κ1) is 14.8. The predicted molar refractivity (Wildman–Crippen MR) is 83.1 cm³/mol. The molecule has 1 aliphatic carbocycles. The third-order valence-corrected chi connectivity index (χ3v) is 4.41. The summed E-state index contributed by atoms with van der Waals surface area (Å²) in [6.45, 7) is 0.505. The molecule has 0 atom stereocenters. The molecule has 0 spiro atoms. The van der Waals surface area contributed by atoms with Gasteiger partial charge < -0.3 is 14.8 Å². The topological polar surface area (TPSA) is 79.5 Å². The van der Waals surface area contributed by atoms with Crippen molar-refractivity contribution < 1.29 is 19.1 Å². The SMILES string of the molecule is O=C(O)c1ccc(C(=O)NCC2(c3cccc(Br)c3)CC2)o1. The monoisotopic (exact) mass is 363 g/mol. The van der Waals surface area contributed by atoms with Gasteiger partial charge in [-0.25, -0.2) is 4.79 Å². The Morgan fingerprint density at radius 1 is 1.23 bits per heavy atom. The number of furan rings is 1. The van der Waals surface area contributed by atoms with Crippen LogP contribution in [-0.2, 0) is 5.41 Å². The summed E-state index contributed by atoms with van der Waals surface area (Å²) in [5.74, 6) is -1.80. The van der Waals surface area contributed by atoms with Crippen LogP contribution in [-0.4, -0.2) is 23.5 Å². The van der Waals surface area contributed by atoms with Crippen molar-refractivity contribution in [3.63, 3.8) is 0 Å². The standard InChI is InChI=1S/C16H14BrNO4/c17-11-3-1-2-10(8-11)16(6-7-16)9-18-14(19)12-4-5-13(22-12)15(20)21/h1-5,8H,6-7,9H2,(H,18,19)(H,20,21). The maximum Gasteiger partial charge on any atom is 0.371 e. The lowest BCUT2D eigenvalue weighted by Crippen LogP contribution is -2.32. The van der Waals surface area contributed by atoms with Crippen molar-refractivity contribution in [1.82, 2.24) is 5.32 Å². The zero-order valence-corrected chi connectivity index (χ0v) is 13.2. The molecule has 1 aromatic carbocycles. The summed E-state index contributed by atoms with van der Waals surface area (Å²) < 4.78 is 6.01. The number of halogens is 1. The number of carboxylic acids is 1. The molecule has 1 amide bonds. The average molecular weight is 364 g/mol. The molecule has 0 unspecified atom stereocenters. The number of carbonyl (C=O) groups excluding carboxylic acids is 1. The van der Waals surface area contributed by atoms with Crippen molar-refractivity contribution >= 4 is 27.8 Å². The minimum atomic E-state index is -1.19. The van der Waals surface area contributed by atoms with Crippen LogP contribution >= 0.6 is 15.9 Å². The number of nitrogens with one attached hydrogen (secondary N) is 1. The number of carbonyl (C=O) groups is 2. The van der Waals surface area contributed by atoms with E-state index in [2.05, 4.69) is 33.4 Å². The average Bonchev–Trinajstić information content (AvgIpc) is 3.11. The molecule has 2 N–H and O–H groups in total. The molecule has 22 heavy (non-hydrogen) atoms. The first-order chi connectivity index (χ1) is 10.5. The summed E-state index contributed by atoms with van der Waals surface area (Å²) in [4.78, 5) is 22.8. The first-order valence-corrected chi connectivity index (χ1v) is 7.67. The van der Waals surface area contributed by atoms with Gasteiger partial charge in [-0.05, 0) is 42.7 Å². The molecule has 1 heterocycles. The van der Waals surface area contributed by atoms with E-state index in [-0.39, 0.29) is 16.9 Å². The Hall–Kier alpha value is -2.08. The largest absolute Gasteiger partial charge is 0.475 e. The van der Waals surface area contributed by atoms with Gasteiger partial charge in [-0.1, -0.05) is 28.1 Å². The van der Waals surface area contributed by atoms with Crippen molar-refractivity contribution in [2.24, 2.45) is 0 Å². The van der Waals surface area contributed by atoms with Gasteiger partial charge in [0.2, 0.25) is 5.76 Å². The maximum atomic E-state index is 12.0. The van der Waals surface area contributed by atoms with E-state index in [1.54, 1.807) is 0 Å². The zero-order chi connectivity index (χ0) is 15.7. The number of benzene rings is 1. The molecule has 5 nitrogen and oxygen atoms in total. The molecule has 0 saturated heterocycles. The molecule has 1 aliphatic rings. The van der Waals surface area contributed by atoms with Crippen LogP contribution in [0.1, 0.15) is 39.5 Å². The Labute approximate surface area is 135 Å². The third-order valence-electron chi connectivity index (χ3n) is 3.92. The second-order valence-corrected chi connectivity index (χ2v) is 6.36. The van der Waals surface area contributed by atoms with Crippen LogP contribution in [0.3, 0.4) is 0 Å². The fourth-order valence-corrected chi connectivity index (χ4v) is 2.85. The minimum absolute atomic E-state index is 0.0162. The zero-order valence-electron chi connectivity index (χ0n) is 11.6. The Kier molecular flexibility index (Phi) is 3.78. The van der Waals surface area contributed by atoms with Crippen LogP contribution in [0.2, 0.25) is 0 Å². The highest BCUT2D eigenvalue weighted by molar-refractivity contribution is 9.10. The molecular formula is C16H14BrNO4. The molecule has 6 heteroatoms. The highest BCUT2D eigenvalue weighted by Crippen LogP contribution is 2.48. The highest BCUT2D eigenvalue weighted by atomic mass is 79.9. The molecule has 1 aromatic heterocycles. The molecular weight excluding hydrogens is 350 g/mol. The number of hydrogen-bond acceptors (Lipinski definition) is 3. The van der Waals surface area contributed by atoms with Crippen molar-refractivity contribution in [3.05, 3.63) is 58.0 Å². The molecule has 3 rings (SSSR count).